The molecule has 0 radical (unpaired) electrons. The Morgan fingerprint density at radius 2 is 2.00 bits per heavy atom. The highest BCUT2D eigenvalue weighted by molar-refractivity contribution is 5.91. The lowest BCUT2D eigenvalue weighted by Crippen LogP contribution is -2.33. The van der Waals surface area contributed by atoms with Gasteiger partial charge in [0.05, 0.1) is 14.2 Å². The summed E-state index contributed by atoms with van der Waals surface area (Å²) in [6, 6.07) is 11.8. The van der Waals surface area contributed by atoms with E-state index < -0.39 is 5.97 Å². The molecule has 1 N–H and O–H groups in total. The fourth-order valence-corrected chi connectivity index (χ4v) is 3.44. The average Bonchev–Trinajstić information content (AvgIpc) is 2.63. The van der Waals surface area contributed by atoms with Gasteiger partial charge in [0.15, 0.2) is 0 Å². The van der Waals surface area contributed by atoms with Gasteiger partial charge < -0.3 is 14.6 Å². The fraction of sp³-hybridized carbons (Fsp3) is 0.350. The summed E-state index contributed by atoms with van der Waals surface area (Å²) in [5.74, 6) is 0.281. The van der Waals surface area contributed by atoms with E-state index in [1.165, 1.54) is 18.2 Å². The van der Waals surface area contributed by atoms with Crippen LogP contribution in [0.3, 0.4) is 0 Å². The highest BCUT2D eigenvalue weighted by Gasteiger charge is 2.24. The van der Waals surface area contributed by atoms with Gasteiger partial charge in [-0.15, -0.1) is 0 Å². The minimum atomic E-state index is -0.972. The number of hydrogen-bond acceptors (Lipinski definition) is 4. The molecular weight excluding hydrogens is 318 g/mol. The molecule has 1 atom stereocenters. The Hall–Kier alpha value is -2.53. The summed E-state index contributed by atoms with van der Waals surface area (Å²) in [6.45, 7) is 3.82. The van der Waals surface area contributed by atoms with E-state index in [1.807, 2.05) is 12.1 Å². The van der Waals surface area contributed by atoms with Crippen LogP contribution in [0.25, 0.3) is 0 Å². The molecule has 0 saturated carbocycles. The lowest BCUT2D eigenvalue weighted by Gasteiger charge is -2.35. The number of ether oxygens (including phenoxy) is 2. The topological polar surface area (TPSA) is 59.0 Å². The van der Waals surface area contributed by atoms with Gasteiger partial charge in [0.25, 0.3) is 0 Å². The van der Waals surface area contributed by atoms with E-state index in [9.17, 15) is 9.90 Å². The number of carbonyl (C=O) groups is 1. The second kappa shape index (κ2) is 7.15. The molecule has 5 heteroatoms. The zero-order valence-electron chi connectivity index (χ0n) is 14.8. The highest BCUT2D eigenvalue weighted by atomic mass is 16.5. The average molecular weight is 341 g/mol. The quantitative estimate of drug-likeness (QED) is 0.902. The number of carboxylic acid groups (broad SMARTS) is 1. The maximum atomic E-state index is 11.4. The lowest BCUT2D eigenvalue weighted by molar-refractivity contribution is 0.0693. The van der Waals surface area contributed by atoms with Crippen LogP contribution in [0.1, 0.15) is 40.0 Å². The Morgan fingerprint density at radius 3 is 2.68 bits per heavy atom. The van der Waals surface area contributed by atoms with Crippen molar-refractivity contribution in [2.75, 3.05) is 20.8 Å². The van der Waals surface area contributed by atoms with Crippen LogP contribution in [0.15, 0.2) is 36.4 Å². The second-order valence-corrected chi connectivity index (χ2v) is 6.30. The maximum Gasteiger partial charge on any atom is 0.339 e. The Labute approximate surface area is 147 Å². The van der Waals surface area contributed by atoms with E-state index in [4.69, 9.17) is 9.47 Å². The monoisotopic (exact) mass is 341 g/mol. The first-order valence-electron chi connectivity index (χ1n) is 8.34. The van der Waals surface area contributed by atoms with Crippen molar-refractivity contribution in [1.29, 1.82) is 0 Å². The molecule has 2 aromatic carbocycles. The van der Waals surface area contributed by atoms with Crippen molar-refractivity contribution in [2.24, 2.45) is 0 Å². The third kappa shape index (κ3) is 3.46. The van der Waals surface area contributed by atoms with E-state index in [0.717, 1.165) is 24.3 Å². The standard InChI is InChI=1S/C20H23NO4/c1-13-17-11-16(24-2)6-5-15(17)8-9-21(13)12-14-4-7-19(25-3)18(10-14)20(22)23/h4-7,10-11,13H,8-9,12H2,1-3H3,(H,22,23). The molecule has 0 fully saturated rings. The highest BCUT2D eigenvalue weighted by Crippen LogP contribution is 2.33. The summed E-state index contributed by atoms with van der Waals surface area (Å²) in [7, 11) is 3.16. The predicted octanol–water partition coefficient (Wildman–Crippen LogP) is 3.52. The van der Waals surface area contributed by atoms with Crippen LogP contribution < -0.4 is 9.47 Å². The Kier molecular flexibility index (Phi) is 4.95. The molecule has 2 aromatic rings. The third-order valence-corrected chi connectivity index (χ3v) is 4.90. The van der Waals surface area contributed by atoms with Crippen LogP contribution >= 0.6 is 0 Å². The summed E-state index contributed by atoms with van der Waals surface area (Å²) >= 11 is 0. The lowest BCUT2D eigenvalue weighted by atomic mass is 9.92. The number of hydrogen-bond donors (Lipinski definition) is 1. The molecule has 0 bridgehead atoms. The van der Waals surface area contributed by atoms with Crippen molar-refractivity contribution in [3.8, 4) is 11.5 Å². The molecule has 5 nitrogen and oxygen atoms in total. The first kappa shape index (κ1) is 17.3. The van der Waals surface area contributed by atoms with Crippen LogP contribution in [0, 0.1) is 0 Å². The van der Waals surface area contributed by atoms with Gasteiger partial charge in [0, 0.05) is 19.1 Å². The summed E-state index contributed by atoms with van der Waals surface area (Å²) in [4.78, 5) is 13.8. The molecule has 0 spiro atoms. The zero-order chi connectivity index (χ0) is 18.0. The molecule has 0 saturated heterocycles. The summed E-state index contributed by atoms with van der Waals surface area (Å²) in [5, 5.41) is 9.36. The first-order chi connectivity index (χ1) is 12.0. The van der Waals surface area contributed by atoms with Crippen LogP contribution in [0.5, 0.6) is 11.5 Å². The summed E-state index contributed by atoms with van der Waals surface area (Å²) < 4.78 is 10.5. The molecule has 132 valence electrons. The van der Waals surface area contributed by atoms with Crippen LogP contribution in [0.4, 0.5) is 0 Å². The zero-order valence-corrected chi connectivity index (χ0v) is 14.8. The molecule has 0 amide bonds. The van der Waals surface area contributed by atoms with Gasteiger partial charge in [-0.25, -0.2) is 4.79 Å². The van der Waals surface area contributed by atoms with Crippen molar-refractivity contribution >= 4 is 5.97 Å². The number of aromatic carboxylic acids is 1. The third-order valence-electron chi connectivity index (χ3n) is 4.90. The van der Waals surface area contributed by atoms with Crippen molar-refractivity contribution in [2.45, 2.75) is 25.9 Å². The predicted molar refractivity (Wildman–Crippen MR) is 95.5 cm³/mol. The molecule has 0 aliphatic carbocycles. The van der Waals surface area contributed by atoms with E-state index in [0.29, 0.717) is 12.3 Å². The van der Waals surface area contributed by atoms with Gasteiger partial charge in [-0.1, -0.05) is 12.1 Å². The Balaban J connectivity index is 1.84. The van der Waals surface area contributed by atoms with Crippen molar-refractivity contribution in [3.63, 3.8) is 0 Å². The van der Waals surface area contributed by atoms with Gasteiger partial charge >= 0.3 is 5.97 Å². The Morgan fingerprint density at radius 1 is 1.20 bits per heavy atom. The van der Waals surface area contributed by atoms with Gasteiger partial charge in [-0.05, 0) is 54.3 Å². The van der Waals surface area contributed by atoms with Crippen LogP contribution in [-0.4, -0.2) is 36.7 Å². The molecular formula is C20H23NO4. The van der Waals surface area contributed by atoms with E-state index in [-0.39, 0.29) is 11.6 Å². The van der Waals surface area contributed by atoms with Gasteiger partial charge in [-0.2, -0.15) is 0 Å². The van der Waals surface area contributed by atoms with Crippen molar-refractivity contribution in [3.05, 3.63) is 58.7 Å². The van der Waals surface area contributed by atoms with Crippen LogP contribution in [-0.2, 0) is 13.0 Å². The van der Waals surface area contributed by atoms with Crippen molar-refractivity contribution in [1.82, 2.24) is 4.90 Å². The maximum absolute atomic E-state index is 11.4. The molecule has 1 unspecified atom stereocenters. The van der Waals surface area contributed by atoms with Gasteiger partial charge in [0.2, 0.25) is 0 Å². The number of fused-ring (bicyclic) bond motifs is 1. The van der Waals surface area contributed by atoms with Crippen molar-refractivity contribution < 1.29 is 19.4 Å². The van der Waals surface area contributed by atoms with E-state index in [2.05, 4.69) is 24.0 Å². The molecule has 3 rings (SSSR count). The summed E-state index contributed by atoms with van der Waals surface area (Å²) in [6.07, 6.45) is 0.978. The number of carboxylic acids is 1. The largest absolute Gasteiger partial charge is 0.497 e. The molecule has 1 heterocycles. The minimum absolute atomic E-state index is 0.201. The van der Waals surface area contributed by atoms with E-state index >= 15 is 0 Å². The molecule has 25 heavy (non-hydrogen) atoms. The summed E-state index contributed by atoms with van der Waals surface area (Å²) in [5.41, 5.74) is 3.80. The molecule has 0 aromatic heterocycles. The normalized spacial score (nSPS) is 17.0. The molecule has 1 aliphatic heterocycles. The SMILES string of the molecule is COc1ccc2c(c1)C(C)N(Cc1ccc(OC)c(C(=O)O)c1)CC2. The first-order valence-corrected chi connectivity index (χ1v) is 8.34. The number of nitrogens with zero attached hydrogens (tertiary/aromatic N) is 1. The number of benzene rings is 2. The van der Waals surface area contributed by atoms with Crippen LogP contribution in [0.2, 0.25) is 0 Å². The van der Waals surface area contributed by atoms with E-state index in [1.54, 1.807) is 19.2 Å². The number of rotatable bonds is 5. The Bertz CT molecular complexity index is 787. The minimum Gasteiger partial charge on any atom is -0.497 e. The smallest absolute Gasteiger partial charge is 0.339 e. The fourth-order valence-electron chi connectivity index (χ4n) is 3.44. The number of methoxy groups -OCH3 is 2. The second-order valence-electron chi connectivity index (χ2n) is 6.30. The van der Waals surface area contributed by atoms with Gasteiger partial charge in [0.1, 0.15) is 17.1 Å². The molecule has 1 aliphatic rings. The van der Waals surface area contributed by atoms with Gasteiger partial charge in [-0.3, -0.25) is 4.90 Å².